The molecule has 0 unspecified atom stereocenters. The summed E-state index contributed by atoms with van der Waals surface area (Å²) in [5.41, 5.74) is 0. The highest BCUT2D eigenvalue weighted by molar-refractivity contribution is 6.71. The Morgan fingerprint density at radius 1 is 0.737 bits per heavy atom. The molecular formula is C17H38OSi. The average molecular weight is 287 g/mol. The third kappa shape index (κ3) is 14.4. The van der Waals surface area contributed by atoms with E-state index in [1.165, 1.54) is 70.3 Å². The van der Waals surface area contributed by atoms with E-state index in [4.69, 9.17) is 4.43 Å². The van der Waals surface area contributed by atoms with E-state index in [-0.39, 0.29) is 0 Å². The molecule has 19 heavy (non-hydrogen) atoms. The van der Waals surface area contributed by atoms with E-state index in [0.717, 1.165) is 5.92 Å². The summed E-state index contributed by atoms with van der Waals surface area (Å²) in [4.78, 5) is 0. The molecule has 0 radical (unpaired) electrons. The molecule has 0 rings (SSSR count). The number of rotatable bonds is 13. The Morgan fingerprint density at radius 2 is 1.16 bits per heavy atom. The number of hydrogen-bond acceptors (Lipinski definition) is 1. The molecule has 0 fully saturated rings. The monoisotopic (exact) mass is 286 g/mol. The average Bonchev–Trinajstić information content (AvgIpc) is 2.35. The fraction of sp³-hybridized carbons (Fsp3) is 1.00. The van der Waals surface area contributed by atoms with Crippen molar-refractivity contribution < 1.29 is 4.43 Å². The first kappa shape index (κ1) is 19.2. The lowest BCUT2D eigenvalue weighted by molar-refractivity contribution is 0.400. The summed E-state index contributed by atoms with van der Waals surface area (Å²) < 4.78 is 5.58. The van der Waals surface area contributed by atoms with E-state index < -0.39 is 8.32 Å². The first-order valence-corrected chi connectivity index (χ1v) is 11.6. The minimum atomic E-state index is -1.28. The first-order chi connectivity index (χ1) is 8.98. The topological polar surface area (TPSA) is 9.23 Å². The summed E-state index contributed by atoms with van der Waals surface area (Å²) in [5, 5.41) is 0. The first-order valence-electron chi connectivity index (χ1n) is 8.53. The molecular weight excluding hydrogens is 248 g/mol. The van der Waals surface area contributed by atoms with Gasteiger partial charge in [0.15, 0.2) is 8.32 Å². The molecule has 0 heterocycles. The minimum absolute atomic E-state index is 0.889. The summed E-state index contributed by atoms with van der Waals surface area (Å²) in [6, 6.07) is 1.33. The molecule has 0 bridgehead atoms. The molecule has 0 aromatic heterocycles. The van der Waals surface area contributed by atoms with Gasteiger partial charge < -0.3 is 4.43 Å². The van der Waals surface area contributed by atoms with E-state index in [9.17, 15) is 0 Å². The Kier molecular flexibility index (Phi) is 12.1. The Morgan fingerprint density at radius 3 is 1.58 bits per heavy atom. The molecule has 2 heteroatoms. The molecule has 116 valence electrons. The fourth-order valence-corrected chi connectivity index (χ4v) is 3.75. The number of hydrogen-bond donors (Lipinski definition) is 0. The number of unbranched alkanes of at least 4 members (excludes halogenated alkanes) is 8. The predicted octanol–water partition coefficient (Wildman–Crippen LogP) is 6.39. The van der Waals surface area contributed by atoms with Crippen molar-refractivity contribution in [2.24, 2.45) is 5.92 Å². The Bertz CT molecular complexity index is 190. The second kappa shape index (κ2) is 12.0. The van der Waals surface area contributed by atoms with Crippen LogP contribution in [0.15, 0.2) is 0 Å². The highest BCUT2D eigenvalue weighted by Gasteiger charge is 2.18. The molecule has 0 saturated heterocycles. The van der Waals surface area contributed by atoms with E-state index in [2.05, 4.69) is 26.9 Å². The molecule has 0 amide bonds. The summed E-state index contributed by atoms with van der Waals surface area (Å²) in [7, 11) is 0.603. The maximum absolute atomic E-state index is 5.58. The van der Waals surface area contributed by atoms with Crippen LogP contribution in [-0.4, -0.2) is 15.4 Å². The van der Waals surface area contributed by atoms with Crippen molar-refractivity contribution in [2.75, 3.05) is 7.11 Å². The van der Waals surface area contributed by atoms with Gasteiger partial charge in [0.05, 0.1) is 0 Å². The van der Waals surface area contributed by atoms with Crippen LogP contribution >= 0.6 is 0 Å². The van der Waals surface area contributed by atoms with Gasteiger partial charge in [0, 0.05) is 7.11 Å². The summed E-state index contributed by atoms with van der Waals surface area (Å²) in [6.45, 7) is 9.30. The smallest absolute Gasteiger partial charge is 0.186 e. The van der Waals surface area contributed by atoms with Gasteiger partial charge in [-0.2, -0.15) is 0 Å². The van der Waals surface area contributed by atoms with E-state index >= 15 is 0 Å². The third-order valence-corrected chi connectivity index (χ3v) is 6.78. The molecule has 0 saturated carbocycles. The van der Waals surface area contributed by atoms with Gasteiger partial charge in [0.1, 0.15) is 0 Å². The largest absolute Gasteiger partial charge is 0.420 e. The van der Waals surface area contributed by atoms with Crippen LogP contribution in [0.4, 0.5) is 0 Å². The molecule has 0 atom stereocenters. The zero-order valence-electron chi connectivity index (χ0n) is 14.3. The normalized spacial score (nSPS) is 12.3. The van der Waals surface area contributed by atoms with Crippen LogP contribution in [0, 0.1) is 5.92 Å². The molecule has 0 aliphatic rings. The fourth-order valence-electron chi connectivity index (χ4n) is 2.44. The Labute approximate surface area is 123 Å². The van der Waals surface area contributed by atoms with Crippen LogP contribution in [-0.2, 0) is 4.43 Å². The Balaban J connectivity index is 3.11. The Hall–Kier alpha value is 0.177. The molecule has 0 aliphatic carbocycles. The molecule has 1 nitrogen and oxygen atoms in total. The van der Waals surface area contributed by atoms with E-state index in [1.54, 1.807) is 0 Å². The molecule has 0 aliphatic heterocycles. The van der Waals surface area contributed by atoms with Crippen LogP contribution < -0.4 is 0 Å². The molecule has 0 aromatic rings. The van der Waals surface area contributed by atoms with Gasteiger partial charge in [-0.1, -0.05) is 78.1 Å². The SMILES string of the molecule is CO[Si](C)(C)CCCCCCCCCCCC(C)C. The highest BCUT2D eigenvalue weighted by Crippen LogP contribution is 2.17. The van der Waals surface area contributed by atoms with Gasteiger partial charge in [-0.3, -0.25) is 0 Å². The lowest BCUT2D eigenvalue weighted by Gasteiger charge is -2.19. The lowest BCUT2D eigenvalue weighted by atomic mass is 10.0. The van der Waals surface area contributed by atoms with Gasteiger partial charge in [-0.15, -0.1) is 0 Å². The van der Waals surface area contributed by atoms with Gasteiger partial charge in [0.25, 0.3) is 0 Å². The van der Waals surface area contributed by atoms with E-state index in [1.807, 2.05) is 7.11 Å². The lowest BCUT2D eigenvalue weighted by Crippen LogP contribution is -2.27. The van der Waals surface area contributed by atoms with Crippen molar-refractivity contribution in [2.45, 2.75) is 97.2 Å². The van der Waals surface area contributed by atoms with Crippen molar-refractivity contribution >= 4 is 8.32 Å². The second-order valence-electron chi connectivity index (χ2n) is 7.08. The van der Waals surface area contributed by atoms with Crippen molar-refractivity contribution in [3.05, 3.63) is 0 Å². The van der Waals surface area contributed by atoms with Crippen LogP contribution in [0.25, 0.3) is 0 Å². The van der Waals surface area contributed by atoms with Gasteiger partial charge >= 0.3 is 0 Å². The minimum Gasteiger partial charge on any atom is -0.420 e. The van der Waals surface area contributed by atoms with Crippen LogP contribution in [0.5, 0.6) is 0 Å². The van der Waals surface area contributed by atoms with Crippen molar-refractivity contribution in [3.8, 4) is 0 Å². The zero-order chi connectivity index (χ0) is 14.6. The summed E-state index contributed by atoms with van der Waals surface area (Å²) in [6.07, 6.45) is 14.3. The maximum atomic E-state index is 5.58. The standard InChI is InChI=1S/C17H38OSi/c1-17(2)15-13-11-9-7-6-8-10-12-14-16-19(4,5)18-3/h17H,6-16H2,1-5H3. The highest BCUT2D eigenvalue weighted by atomic mass is 28.4. The van der Waals surface area contributed by atoms with Crippen molar-refractivity contribution in [1.29, 1.82) is 0 Å². The van der Waals surface area contributed by atoms with Crippen LogP contribution in [0.2, 0.25) is 19.1 Å². The van der Waals surface area contributed by atoms with E-state index in [0.29, 0.717) is 0 Å². The summed E-state index contributed by atoms with van der Waals surface area (Å²) >= 11 is 0. The predicted molar refractivity (Wildman–Crippen MR) is 90.3 cm³/mol. The quantitative estimate of drug-likeness (QED) is 0.281. The van der Waals surface area contributed by atoms with Gasteiger partial charge in [0.2, 0.25) is 0 Å². The van der Waals surface area contributed by atoms with Crippen LogP contribution in [0.3, 0.4) is 0 Å². The third-order valence-electron chi connectivity index (χ3n) is 4.11. The maximum Gasteiger partial charge on any atom is 0.186 e. The second-order valence-corrected chi connectivity index (χ2v) is 11.5. The molecule has 0 aromatic carbocycles. The zero-order valence-corrected chi connectivity index (χ0v) is 15.3. The molecule has 0 spiro atoms. The van der Waals surface area contributed by atoms with Crippen molar-refractivity contribution in [3.63, 3.8) is 0 Å². The molecule has 0 N–H and O–H groups in total. The van der Waals surface area contributed by atoms with Crippen molar-refractivity contribution in [1.82, 2.24) is 0 Å². The van der Waals surface area contributed by atoms with Crippen LogP contribution in [0.1, 0.15) is 78.1 Å². The van der Waals surface area contributed by atoms with Gasteiger partial charge in [-0.05, 0) is 25.1 Å². The van der Waals surface area contributed by atoms with Gasteiger partial charge in [-0.25, -0.2) is 0 Å². The summed E-state index contributed by atoms with van der Waals surface area (Å²) in [5.74, 6) is 0.889.